The Morgan fingerprint density at radius 1 is 1.33 bits per heavy atom. The highest BCUT2D eigenvalue weighted by Gasteiger charge is 2.29. The third kappa shape index (κ3) is 3.72. The number of hydrogen-bond acceptors (Lipinski definition) is 3. The average molecular weight is 289 g/mol. The van der Waals surface area contributed by atoms with E-state index in [9.17, 15) is 9.90 Å². The van der Waals surface area contributed by atoms with Crippen LogP contribution in [0.15, 0.2) is 18.2 Å². The molecular formula is C18H27NO2. The van der Waals surface area contributed by atoms with Gasteiger partial charge >= 0.3 is 0 Å². The monoisotopic (exact) mass is 289 g/mol. The van der Waals surface area contributed by atoms with Crippen molar-refractivity contribution >= 4 is 5.78 Å². The Morgan fingerprint density at radius 3 is 2.81 bits per heavy atom. The molecule has 1 aliphatic rings. The van der Waals surface area contributed by atoms with Gasteiger partial charge in [-0.25, -0.2) is 0 Å². The number of ketones is 1. The van der Waals surface area contributed by atoms with Crippen molar-refractivity contribution in [3.63, 3.8) is 0 Å². The number of hydrogen-bond donors (Lipinski definition) is 1. The number of carbonyl (C=O) groups excluding carboxylic acids is 1. The lowest BCUT2D eigenvalue weighted by Crippen LogP contribution is -2.47. The maximum Gasteiger partial charge on any atom is 0.179 e. The topological polar surface area (TPSA) is 40.5 Å². The van der Waals surface area contributed by atoms with Crippen LogP contribution in [-0.2, 0) is 0 Å². The van der Waals surface area contributed by atoms with Crippen LogP contribution in [0.2, 0.25) is 0 Å². The van der Waals surface area contributed by atoms with Crippen molar-refractivity contribution in [2.24, 2.45) is 0 Å². The zero-order chi connectivity index (χ0) is 15.4. The molecule has 2 unspecified atom stereocenters. The van der Waals surface area contributed by atoms with Gasteiger partial charge in [-0.05, 0) is 51.8 Å². The minimum Gasteiger partial charge on any atom is -0.395 e. The van der Waals surface area contributed by atoms with E-state index in [1.165, 1.54) is 6.42 Å². The molecule has 1 aromatic rings. The molecular weight excluding hydrogens is 262 g/mol. The summed E-state index contributed by atoms with van der Waals surface area (Å²) >= 11 is 0. The molecule has 1 aromatic carbocycles. The number of nitrogens with zero attached hydrogens (tertiary/aromatic N) is 1. The summed E-state index contributed by atoms with van der Waals surface area (Å²) in [6.45, 7) is 7.04. The molecule has 1 saturated heterocycles. The summed E-state index contributed by atoms with van der Waals surface area (Å²) in [7, 11) is 0. The van der Waals surface area contributed by atoms with Crippen LogP contribution in [0.4, 0.5) is 0 Å². The lowest BCUT2D eigenvalue weighted by molar-refractivity contribution is 0.0650. The maximum absolute atomic E-state index is 12.9. The van der Waals surface area contributed by atoms with E-state index in [0.29, 0.717) is 0 Å². The van der Waals surface area contributed by atoms with Gasteiger partial charge in [0.05, 0.1) is 12.6 Å². The van der Waals surface area contributed by atoms with Crippen molar-refractivity contribution in [2.45, 2.75) is 58.5 Å². The molecule has 0 radical (unpaired) electrons. The highest BCUT2D eigenvalue weighted by atomic mass is 16.3. The average Bonchev–Trinajstić information content (AvgIpc) is 2.73. The fourth-order valence-electron chi connectivity index (χ4n) is 3.28. The van der Waals surface area contributed by atoms with Crippen LogP contribution in [0.3, 0.4) is 0 Å². The molecule has 0 spiro atoms. The van der Waals surface area contributed by atoms with Gasteiger partial charge in [-0.15, -0.1) is 0 Å². The van der Waals surface area contributed by atoms with Crippen molar-refractivity contribution < 1.29 is 9.90 Å². The number of Topliss-reactive ketones (excluding diaryl/α,β-unsaturated/α-hetero) is 1. The Hall–Kier alpha value is -1.19. The number of rotatable bonds is 4. The number of aryl methyl sites for hydroxylation is 2. The zero-order valence-electron chi connectivity index (χ0n) is 13.4. The quantitative estimate of drug-likeness (QED) is 0.866. The largest absolute Gasteiger partial charge is 0.395 e. The zero-order valence-corrected chi connectivity index (χ0v) is 13.4. The first-order chi connectivity index (χ1) is 10.0. The van der Waals surface area contributed by atoms with Gasteiger partial charge in [0.15, 0.2) is 5.78 Å². The normalized spacial score (nSPS) is 21.8. The summed E-state index contributed by atoms with van der Waals surface area (Å²) in [5.41, 5.74) is 2.97. The second kappa shape index (κ2) is 7.19. The van der Waals surface area contributed by atoms with Crippen molar-refractivity contribution in [3.8, 4) is 0 Å². The number of likely N-dealkylation sites (tertiary alicyclic amines) is 1. The highest BCUT2D eigenvalue weighted by molar-refractivity contribution is 6.01. The summed E-state index contributed by atoms with van der Waals surface area (Å²) in [4.78, 5) is 15.1. The van der Waals surface area contributed by atoms with E-state index in [-0.39, 0.29) is 24.5 Å². The van der Waals surface area contributed by atoms with E-state index in [1.807, 2.05) is 39.0 Å². The van der Waals surface area contributed by atoms with Gasteiger partial charge in [0.2, 0.25) is 0 Å². The van der Waals surface area contributed by atoms with Crippen LogP contribution in [0.1, 0.15) is 54.1 Å². The number of carbonyl (C=O) groups is 1. The van der Waals surface area contributed by atoms with Crippen LogP contribution in [-0.4, -0.2) is 41.0 Å². The summed E-state index contributed by atoms with van der Waals surface area (Å²) in [6, 6.07) is 6.00. The van der Waals surface area contributed by atoms with Gasteiger partial charge in [0.25, 0.3) is 0 Å². The van der Waals surface area contributed by atoms with E-state index >= 15 is 0 Å². The lowest BCUT2D eigenvalue weighted by Gasteiger charge is -2.33. The molecule has 0 aliphatic carbocycles. The first-order valence-electron chi connectivity index (χ1n) is 8.02. The van der Waals surface area contributed by atoms with E-state index in [1.54, 1.807) is 0 Å². The number of aliphatic hydroxyl groups is 1. The van der Waals surface area contributed by atoms with Crippen LogP contribution in [0, 0.1) is 13.8 Å². The van der Waals surface area contributed by atoms with Gasteiger partial charge in [-0.2, -0.15) is 0 Å². The standard InChI is InChI=1S/C18H27NO2/c1-13-8-9-14(2)17(11-13)18(21)15(3)19-10-6-4-5-7-16(19)12-20/h8-9,11,15-16,20H,4-7,10,12H2,1-3H3. The fraction of sp³-hybridized carbons (Fsp3) is 0.611. The van der Waals surface area contributed by atoms with Crippen molar-refractivity contribution in [1.29, 1.82) is 0 Å². The Balaban J connectivity index is 2.22. The van der Waals surface area contributed by atoms with Gasteiger partial charge in [-0.3, -0.25) is 9.69 Å². The van der Waals surface area contributed by atoms with Crippen molar-refractivity contribution in [1.82, 2.24) is 4.90 Å². The van der Waals surface area contributed by atoms with Gasteiger partial charge in [0, 0.05) is 11.6 Å². The van der Waals surface area contributed by atoms with E-state index < -0.39 is 0 Å². The maximum atomic E-state index is 12.9. The van der Waals surface area contributed by atoms with E-state index in [4.69, 9.17) is 0 Å². The predicted molar refractivity (Wildman–Crippen MR) is 85.8 cm³/mol. The number of aliphatic hydroxyl groups excluding tert-OH is 1. The van der Waals surface area contributed by atoms with Crippen molar-refractivity contribution in [3.05, 3.63) is 34.9 Å². The Morgan fingerprint density at radius 2 is 2.10 bits per heavy atom. The molecule has 3 heteroatoms. The Bertz CT molecular complexity index is 498. The van der Waals surface area contributed by atoms with Crippen LogP contribution < -0.4 is 0 Å². The molecule has 0 amide bonds. The second-order valence-electron chi connectivity index (χ2n) is 6.28. The lowest BCUT2D eigenvalue weighted by atomic mass is 9.96. The molecule has 21 heavy (non-hydrogen) atoms. The van der Waals surface area contributed by atoms with Gasteiger partial charge < -0.3 is 5.11 Å². The van der Waals surface area contributed by atoms with E-state index in [2.05, 4.69) is 4.90 Å². The van der Waals surface area contributed by atoms with Gasteiger partial charge in [-0.1, -0.05) is 30.5 Å². The first kappa shape index (κ1) is 16.2. The summed E-state index contributed by atoms with van der Waals surface area (Å²) in [5.74, 6) is 0.177. The van der Waals surface area contributed by atoms with Crippen LogP contribution in [0.25, 0.3) is 0 Å². The highest BCUT2D eigenvalue weighted by Crippen LogP contribution is 2.22. The molecule has 1 heterocycles. The predicted octanol–water partition coefficient (Wildman–Crippen LogP) is 3.11. The molecule has 1 N–H and O–H groups in total. The fourth-order valence-corrected chi connectivity index (χ4v) is 3.28. The molecule has 3 nitrogen and oxygen atoms in total. The number of benzene rings is 1. The minimum absolute atomic E-state index is 0.122. The molecule has 2 atom stereocenters. The third-order valence-electron chi connectivity index (χ3n) is 4.67. The van der Waals surface area contributed by atoms with Crippen LogP contribution >= 0.6 is 0 Å². The Kier molecular flexibility index (Phi) is 5.54. The molecule has 0 bridgehead atoms. The van der Waals surface area contributed by atoms with Crippen molar-refractivity contribution in [2.75, 3.05) is 13.2 Å². The summed E-state index contributed by atoms with van der Waals surface area (Å²) < 4.78 is 0. The molecule has 1 aliphatic heterocycles. The Labute approximate surface area is 128 Å². The molecule has 0 aromatic heterocycles. The molecule has 0 saturated carbocycles. The first-order valence-corrected chi connectivity index (χ1v) is 8.02. The summed E-state index contributed by atoms with van der Waals surface area (Å²) in [6.07, 6.45) is 4.44. The SMILES string of the molecule is Cc1ccc(C)c(C(=O)C(C)N2CCCCCC2CO)c1. The molecule has 1 fully saturated rings. The van der Waals surface area contributed by atoms with E-state index in [0.717, 1.165) is 42.5 Å². The third-order valence-corrected chi connectivity index (χ3v) is 4.67. The second-order valence-corrected chi connectivity index (χ2v) is 6.28. The molecule has 2 rings (SSSR count). The summed E-state index contributed by atoms with van der Waals surface area (Å²) in [5, 5.41) is 9.63. The van der Waals surface area contributed by atoms with Crippen LogP contribution in [0.5, 0.6) is 0 Å². The smallest absolute Gasteiger partial charge is 0.179 e. The molecule has 116 valence electrons. The minimum atomic E-state index is -0.166. The van der Waals surface area contributed by atoms with Gasteiger partial charge in [0.1, 0.15) is 0 Å².